The van der Waals surface area contributed by atoms with Crippen LogP contribution in [0.2, 0.25) is 19.6 Å². The quantitative estimate of drug-likeness (QED) is 0.149. The summed E-state index contributed by atoms with van der Waals surface area (Å²) in [5, 5.41) is 1.94. The minimum atomic E-state index is -2.37. The topological polar surface area (TPSA) is 31.0 Å². The van der Waals surface area contributed by atoms with Crippen molar-refractivity contribution >= 4 is 41.0 Å². The fraction of sp³-hybridized carbons (Fsp3) is 0.213. The molecule has 4 heteroatoms. The smallest absolute Gasteiger partial charge is 0.149 e. The summed E-state index contributed by atoms with van der Waals surface area (Å²) in [6.07, 6.45) is 0. The van der Waals surface area contributed by atoms with Crippen molar-refractivity contribution in [3.63, 3.8) is 0 Å². The Labute approximate surface area is 311 Å². The summed E-state index contributed by atoms with van der Waals surface area (Å²) < 4.78 is 64.1. The molecule has 2 heterocycles. The van der Waals surface area contributed by atoms with Gasteiger partial charge in [0, 0.05) is 24.3 Å². The second-order valence-corrected chi connectivity index (χ2v) is 19.6. The lowest BCUT2D eigenvalue weighted by Gasteiger charge is -2.24. The molecule has 0 unspecified atom stereocenters. The van der Waals surface area contributed by atoms with E-state index in [1.54, 1.807) is 12.1 Å². The summed E-state index contributed by atoms with van der Waals surface area (Å²) in [6.45, 7) is 13.1. The molecule has 254 valence electrons. The maximum absolute atomic E-state index is 9.59. The van der Waals surface area contributed by atoms with Gasteiger partial charge in [-0.1, -0.05) is 138 Å². The number of furan rings is 1. The Hall–Kier alpha value is -5.19. The Morgan fingerprint density at radius 1 is 0.706 bits per heavy atom. The number of nitrogens with zero attached hydrogens (tertiary/aromatic N) is 2. The first-order valence-electron chi connectivity index (χ1n) is 20.6. The molecule has 8 aromatic rings. The van der Waals surface area contributed by atoms with Crippen LogP contribution in [0.25, 0.3) is 72.3 Å². The monoisotopic (exact) mass is 688 g/mol. The lowest BCUT2D eigenvalue weighted by atomic mass is 9.88. The Morgan fingerprint density at radius 2 is 1.39 bits per heavy atom. The van der Waals surface area contributed by atoms with Crippen molar-refractivity contribution in [2.24, 2.45) is 0 Å². The number of aromatic nitrogens is 2. The highest BCUT2D eigenvalue weighted by molar-refractivity contribution is 6.75. The number of rotatable bonds is 8. The third-order valence-corrected chi connectivity index (χ3v) is 10.4. The molecule has 6 aromatic carbocycles. The van der Waals surface area contributed by atoms with Gasteiger partial charge >= 0.3 is 0 Å². The van der Waals surface area contributed by atoms with Crippen molar-refractivity contribution in [3.05, 3.63) is 144 Å². The molecule has 0 aliphatic rings. The second kappa shape index (κ2) is 12.8. The van der Waals surface area contributed by atoms with Crippen molar-refractivity contribution in [2.45, 2.75) is 65.1 Å². The molecule has 0 atom stereocenters. The molecule has 0 radical (unpaired) electrons. The van der Waals surface area contributed by atoms with Crippen LogP contribution >= 0.6 is 0 Å². The second-order valence-electron chi connectivity index (χ2n) is 14.8. The summed E-state index contributed by atoms with van der Waals surface area (Å²) in [5.74, 6) is -3.44. The molecule has 0 fully saturated rings. The van der Waals surface area contributed by atoms with Crippen molar-refractivity contribution in [2.75, 3.05) is 0 Å². The van der Waals surface area contributed by atoms with E-state index in [0.29, 0.717) is 44.9 Å². The fourth-order valence-corrected chi connectivity index (χ4v) is 8.06. The van der Waals surface area contributed by atoms with E-state index in [0.717, 1.165) is 44.1 Å². The fourth-order valence-electron chi connectivity index (χ4n) is 7.05. The van der Waals surface area contributed by atoms with E-state index in [1.807, 2.05) is 114 Å². The summed E-state index contributed by atoms with van der Waals surface area (Å²) in [6, 6.07) is 37.4. The van der Waals surface area contributed by atoms with E-state index in [9.17, 15) is 2.74 Å². The third-order valence-electron chi connectivity index (χ3n) is 9.37. The first kappa shape index (κ1) is 26.6. The zero-order valence-corrected chi connectivity index (χ0v) is 31.3. The minimum Gasteiger partial charge on any atom is -0.455 e. The maximum Gasteiger partial charge on any atom is 0.149 e. The molecule has 0 N–H and O–H groups in total. The number of para-hydroxylation sites is 3. The molecule has 3 nitrogen and oxygen atoms in total. The zero-order chi connectivity index (χ0) is 40.8. The molecular formula is C47H46N2OSi. The van der Waals surface area contributed by atoms with Crippen molar-refractivity contribution in [1.82, 2.24) is 9.55 Å². The van der Waals surface area contributed by atoms with Gasteiger partial charge in [0.05, 0.1) is 25.0 Å². The zero-order valence-electron chi connectivity index (χ0n) is 36.3. The minimum absolute atomic E-state index is 0.0376. The summed E-state index contributed by atoms with van der Waals surface area (Å²) in [7, 11) is -2.37. The van der Waals surface area contributed by atoms with Gasteiger partial charge in [0.25, 0.3) is 0 Å². The van der Waals surface area contributed by atoms with Gasteiger partial charge in [0.2, 0.25) is 0 Å². The Morgan fingerprint density at radius 3 is 2.08 bits per heavy atom. The average molecular weight is 689 g/mol. The molecule has 8 rings (SSSR count). The van der Waals surface area contributed by atoms with Gasteiger partial charge in [-0.25, -0.2) is 4.98 Å². The molecule has 0 saturated carbocycles. The van der Waals surface area contributed by atoms with Crippen LogP contribution in [0.15, 0.2) is 132 Å². The normalized spacial score (nSPS) is 14.6. The Balaban J connectivity index is 1.41. The van der Waals surface area contributed by atoms with Gasteiger partial charge in [0.15, 0.2) is 0 Å². The molecule has 51 heavy (non-hydrogen) atoms. The summed E-state index contributed by atoms with van der Waals surface area (Å²) in [4.78, 5) is 5.24. The van der Waals surface area contributed by atoms with Crippen LogP contribution in [0, 0.1) is 0 Å². The van der Waals surface area contributed by atoms with Crippen molar-refractivity contribution in [3.8, 4) is 39.3 Å². The lowest BCUT2D eigenvalue weighted by molar-refractivity contribution is 0.669. The first-order chi connectivity index (χ1) is 26.8. The predicted octanol–water partition coefficient (Wildman–Crippen LogP) is 13.6. The van der Waals surface area contributed by atoms with Crippen molar-refractivity contribution in [1.29, 1.82) is 0 Å². The van der Waals surface area contributed by atoms with Gasteiger partial charge in [0.1, 0.15) is 17.0 Å². The number of hydrogen-bond donors (Lipinski definition) is 0. The van der Waals surface area contributed by atoms with E-state index in [1.165, 1.54) is 0 Å². The lowest BCUT2D eigenvalue weighted by Crippen LogP contribution is -2.23. The predicted molar refractivity (Wildman–Crippen MR) is 220 cm³/mol. The Kier molecular flexibility index (Phi) is 6.70. The highest BCUT2D eigenvalue weighted by atomic mass is 28.3. The summed E-state index contributed by atoms with van der Waals surface area (Å²) >= 11 is 0. The van der Waals surface area contributed by atoms with Crippen LogP contribution in [0.5, 0.6) is 0 Å². The third kappa shape index (κ3) is 6.12. The van der Waals surface area contributed by atoms with Gasteiger partial charge in [-0.05, 0) is 93.6 Å². The highest BCUT2D eigenvalue weighted by Gasteiger charge is 2.25. The van der Waals surface area contributed by atoms with Crippen LogP contribution in [-0.4, -0.2) is 17.6 Å². The molecule has 0 aliphatic carbocycles. The number of hydrogen-bond acceptors (Lipinski definition) is 2. The van der Waals surface area contributed by atoms with E-state index >= 15 is 0 Å². The van der Waals surface area contributed by atoms with Crippen LogP contribution < -0.4 is 0 Å². The average Bonchev–Trinajstić information content (AvgIpc) is 3.71. The van der Waals surface area contributed by atoms with Crippen LogP contribution in [0.3, 0.4) is 0 Å². The van der Waals surface area contributed by atoms with Gasteiger partial charge in [-0.2, -0.15) is 0 Å². The van der Waals surface area contributed by atoms with E-state index in [-0.39, 0.29) is 12.1 Å². The summed E-state index contributed by atoms with van der Waals surface area (Å²) in [5.41, 5.74) is 8.96. The molecule has 0 amide bonds. The standard InChI is InChI=1S/C47H46N2OSi/c1-30(2)40-26-36(34-22-20-32(21-23-34)29-51(5,6)7)27-41(31(3)4)45(40)49-43-19-12-11-18-42(43)48-47(49)39-17-13-16-38-37-25-24-35(28-44(37)50-46(38)39)33-14-9-8-10-15-33/h8-28,30-31H,29H2,1-7H3/i22D,23D,29D2,30D,31D. The van der Waals surface area contributed by atoms with Gasteiger partial charge in [-0.15, -0.1) is 0 Å². The molecule has 0 saturated heterocycles. The highest BCUT2D eigenvalue weighted by Crippen LogP contribution is 2.43. The Bertz CT molecular complexity index is 2800. The molecule has 2 aromatic heterocycles. The largest absolute Gasteiger partial charge is 0.455 e. The molecular weight excluding hydrogens is 637 g/mol. The molecule has 0 bridgehead atoms. The van der Waals surface area contributed by atoms with Gasteiger partial charge < -0.3 is 4.42 Å². The first-order valence-corrected chi connectivity index (χ1v) is 21.1. The van der Waals surface area contributed by atoms with Crippen LogP contribution in [0.1, 0.15) is 64.4 Å². The van der Waals surface area contributed by atoms with E-state index in [2.05, 4.69) is 41.0 Å². The van der Waals surface area contributed by atoms with E-state index < -0.39 is 25.9 Å². The van der Waals surface area contributed by atoms with Crippen LogP contribution in [0.4, 0.5) is 0 Å². The van der Waals surface area contributed by atoms with E-state index in [4.69, 9.17) is 14.9 Å². The number of benzene rings is 6. The van der Waals surface area contributed by atoms with Gasteiger partial charge in [-0.3, -0.25) is 4.57 Å². The number of fused-ring (bicyclic) bond motifs is 4. The van der Waals surface area contributed by atoms with Crippen LogP contribution in [-0.2, 0) is 6.00 Å². The molecule has 0 aliphatic heterocycles. The van der Waals surface area contributed by atoms with Crippen molar-refractivity contribution < 1.29 is 12.6 Å². The number of imidazole rings is 1. The molecule has 0 spiro atoms. The maximum atomic E-state index is 9.59. The SMILES string of the molecule is [2H]c1cc(C([2H])([2H])[Si](C)(C)C)cc([2H])c1-c1cc(C([2H])(C)C)c(-n2c(-c3cccc4c3oc3cc(-c5ccccc5)ccc34)nc3ccccc32)c(C([2H])(C)C)c1.